The van der Waals surface area contributed by atoms with E-state index in [1.165, 1.54) is 17.0 Å². The number of imide groups is 1. The smallest absolute Gasteiger partial charge is 0.324 e. The van der Waals surface area contributed by atoms with E-state index >= 15 is 0 Å². The van der Waals surface area contributed by atoms with Crippen LogP contribution in [-0.4, -0.2) is 37.8 Å². The average Bonchev–Trinajstić information content (AvgIpc) is 2.44. The topological polar surface area (TPSA) is 110 Å². The van der Waals surface area contributed by atoms with Gasteiger partial charge in [-0.1, -0.05) is 19.1 Å². The molecule has 1 aromatic rings. The molecule has 0 spiro atoms. The number of hydrogen-bond donors (Lipinski definition) is 2. The van der Waals surface area contributed by atoms with E-state index in [4.69, 9.17) is 5.14 Å². The van der Waals surface area contributed by atoms with Gasteiger partial charge in [0.25, 0.3) is 0 Å². The fourth-order valence-corrected chi connectivity index (χ4v) is 2.77. The van der Waals surface area contributed by atoms with Gasteiger partial charge in [-0.2, -0.15) is 0 Å². The van der Waals surface area contributed by atoms with Crippen LogP contribution in [0.25, 0.3) is 0 Å². The number of urea groups is 1. The summed E-state index contributed by atoms with van der Waals surface area (Å²) in [6, 6.07) is 5.50. The number of benzene rings is 1. The minimum absolute atomic E-state index is 0.0329. The van der Waals surface area contributed by atoms with Crippen LogP contribution in [0.15, 0.2) is 29.2 Å². The summed E-state index contributed by atoms with van der Waals surface area (Å²) in [7, 11) is -3.71. The lowest BCUT2D eigenvalue weighted by atomic mass is 9.99. The number of amides is 3. The highest BCUT2D eigenvalue weighted by atomic mass is 32.2. The lowest BCUT2D eigenvalue weighted by Crippen LogP contribution is -2.58. The monoisotopic (exact) mass is 325 g/mol. The van der Waals surface area contributed by atoms with Gasteiger partial charge in [-0.3, -0.25) is 9.69 Å². The van der Waals surface area contributed by atoms with Crippen LogP contribution < -0.4 is 10.5 Å². The summed E-state index contributed by atoms with van der Waals surface area (Å²) in [5, 5.41) is 7.77. The van der Waals surface area contributed by atoms with E-state index in [1.54, 1.807) is 26.0 Å². The summed E-state index contributed by atoms with van der Waals surface area (Å²) in [6.07, 6.45) is 0.450. The van der Waals surface area contributed by atoms with Crippen molar-refractivity contribution < 1.29 is 18.0 Å². The van der Waals surface area contributed by atoms with Crippen LogP contribution in [0.4, 0.5) is 4.79 Å². The second-order valence-electron chi connectivity index (χ2n) is 5.46. The predicted octanol–water partition coefficient (Wildman–Crippen LogP) is 0.453. The number of nitrogens with one attached hydrogen (secondary N) is 1. The molecule has 8 heteroatoms. The van der Waals surface area contributed by atoms with Crippen LogP contribution in [0.5, 0.6) is 0 Å². The minimum Gasteiger partial charge on any atom is -0.334 e. The molecule has 3 amide bonds. The van der Waals surface area contributed by atoms with Crippen molar-refractivity contribution in [3.8, 4) is 0 Å². The van der Waals surface area contributed by atoms with Crippen LogP contribution in [0.1, 0.15) is 19.4 Å². The third-order valence-electron chi connectivity index (χ3n) is 3.88. The van der Waals surface area contributed by atoms with E-state index in [0.717, 1.165) is 5.56 Å². The zero-order valence-corrected chi connectivity index (χ0v) is 13.3. The van der Waals surface area contributed by atoms with Crippen molar-refractivity contribution >= 4 is 22.0 Å². The van der Waals surface area contributed by atoms with Crippen LogP contribution in [-0.2, 0) is 21.2 Å². The maximum atomic E-state index is 12.1. The van der Waals surface area contributed by atoms with E-state index < -0.39 is 16.1 Å². The number of rotatable bonds is 4. The fourth-order valence-electron chi connectivity index (χ4n) is 2.26. The van der Waals surface area contributed by atoms with E-state index in [9.17, 15) is 18.0 Å². The Hall–Kier alpha value is -1.93. The molecule has 22 heavy (non-hydrogen) atoms. The number of carbonyl (C=O) groups is 2. The van der Waals surface area contributed by atoms with Gasteiger partial charge in [-0.15, -0.1) is 0 Å². The Kier molecular flexibility index (Phi) is 4.52. The molecule has 3 N–H and O–H groups in total. The molecule has 0 radical (unpaired) electrons. The van der Waals surface area contributed by atoms with Crippen molar-refractivity contribution in [2.75, 3.05) is 6.54 Å². The lowest BCUT2D eigenvalue weighted by Gasteiger charge is -2.34. The number of primary sulfonamides is 1. The molecule has 0 aromatic heterocycles. The molecule has 120 valence electrons. The number of carbonyl (C=O) groups excluding carboxylic acids is 2. The second-order valence-corrected chi connectivity index (χ2v) is 7.02. The Morgan fingerprint density at radius 2 is 1.77 bits per heavy atom. The van der Waals surface area contributed by atoms with Crippen molar-refractivity contribution in [3.05, 3.63) is 29.8 Å². The van der Waals surface area contributed by atoms with Crippen LogP contribution >= 0.6 is 0 Å². The highest BCUT2D eigenvalue weighted by Crippen LogP contribution is 2.15. The first-order chi connectivity index (χ1) is 10.2. The summed E-state index contributed by atoms with van der Waals surface area (Å²) in [6.45, 7) is 3.82. The molecule has 1 heterocycles. The molecular weight excluding hydrogens is 306 g/mol. The Morgan fingerprint density at radius 1 is 1.18 bits per heavy atom. The average molecular weight is 325 g/mol. The fraction of sp³-hybridized carbons (Fsp3) is 0.429. The van der Waals surface area contributed by atoms with Gasteiger partial charge in [0.1, 0.15) is 0 Å². The summed E-state index contributed by atoms with van der Waals surface area (Å²) < 4.78 is 22.3. The molecule has 1 aliphatic heterocycles. The van der Waals surface area contributed by atoms with Crippen LogP contribution in [0, 0.1) is 5.92 Å². The molecule has 2 unspecified atom stereocenters. The highest BCUT2D eigenvalue weighted by molar-refractivity contribution is 7.89. The van der Waals surface area contributed by atoms with Crippen molar-refractivity contribution in [3.63, 3.8) is 0 Å². The largest absolute Gasteiger partial charge is 0.334 e. The Balaban J connectivity index is 2.03. The van der Waals surface area contributed by atoms with Gasteiger partial charge in [-0.25, -0.2) is 18.4 Å². The van der Waals surface area contributed by atoms with Gasteiger partial charge in [0, 0.05) is 12.6 Å². The first-order valence-corrected chi connectivity index (χ1v) is 8.48. The van der Waals surface area contributed by atoms with Crippen molar-refractivity contribution in [1.29, 1.82) is 0 Å². The van der Waals surface area contributed by atoms with Gasteiger partial charge in [0.2, 0.25) is 15.9 Å². The Labute approximate surface area is 129 Å². The molecule has 1 fully saturated rings. The second kappa shape index (κ2) is 6.05. The van der Waals surface area contributed by atoms with E-state index in [2.05, 4.69) is 5.32 Å². The Bertz CT molecular complexity index is 685. The standard InChI is InChI=1S/C14H19N3O4S/c1-9-10(2)16-14(19)17(13(9)18)8-7-11-3-5-12(6-4-11)22(15,20)21/h3-6,9-10H,7-8H2,1-2H3,(H,16,19)(H2,15,20,21). The predicted molar refractivity (Wildman–Crippen MR) is 80.4 cm³/mol. The number of hydrogen-bond acceptors (Lipinski definition) is 4. The third kappa shape index (κ3) is 3.45. The quantitative estimate of drug-likeness (QED) is 0.837. The maximum absolute atomic E-state index is 12.1. The molecule has 7 nitrogen and oxygen atoms in total. The summed E-state index contributed by atoms with van der Waals surface area (Å²) in [5.41, 5.74) is 0.819. The third-order valence-corrected chi connectivity index (χ3v) is 4.81. The molecule has 2 rings (SSSR count). The summed E-state index contributed by atoms with van der Waals surface area (Å²) in [4.78, 5) is 25.2. The molecular formula is C14H19N3O4S. The van der Waals surface area contributed by atoms with Gasteiger partial charge in [-0.05, 0) is 31.0 Å². The zero-order chi connectivity index (χ0) is 16.5. The number of nitrogens with two attached hydrogens (primary N) is 1. The van der Waals surface area contributed by atoms with E-state index in [0.29, 0.717) is 6.42 Å². The SMILES string of the molecule is CC1NC(=O)N(CCc2ccc(S(N)(=O)=O)cc2)C(=O)C1C. The van der Waals surface area contributed by atoms with E-state index in [-0.39, 0.29) is 29.3 Å². The molecule has 0 saturated carbocycles. The van der Waals surface area contributed by atoms with Crippen LogP contribution in [0.3, 0.4) is 0 Å². The summed E-state index contributed by atoms with van der Waals surface area (Å²) in [5.74, 6) is -0.458. The molecule has 0 aliphatic carbocycles. The van der Waals surface area contributed by atoms with Gasteiger partial charge in [0.15, 0.2) is 0 Å². The zero-order valence-electron chi connectivity index (χ0n) is 12.4. The lowest BCUT2D eigenvalue weighted by molar-refractivity contribution is -0.134. The van der Waals surface area contributed by atoms with Crippen LogP contribution in [0.2, 0.25) is 0 Å². The molecule has 0 bridgehead atoms. The normalized spacial score (nSPS) is 22.6. The number of sulfonamides is 1. The van der Waals surface area contributed by atoms with Gasteiger partial charge >= 0.3 is 6.03 Å². The molecule has 1 aromatic carbocycles. The minimum atomic E-state index is -3.71. The molecule has 1 saturated heterocycles. The van der Waals surface area contributed by atoms with Gasteiger partial charge < -0.3 is 5.32 Å². The summed E-state index contributed by atoms with van der Waals surface area (Å²) >= 11 is 0. The first-order valence-electron chi connectivity index (χ1n) is 6.94. The molecule has 1 aliphatic rings. The number of nitrogens with zero attached hydrogens (tertiary/aromatic N) is 1. The molecule has 2 atom stereocenters. The first kappa shape index (κ1) is 16.4. The highest BCUT2D eigenvalue weighted by Gasteiger charge is 2.35. The van der Waals surface area contributed by atoms with E-state index in [1.807, 2.05) is 0 Å². The maximum Gasteiger partial charge on any atom is 0.324 e. The van der Waals surface area contributed by atoms with Crippen molar-refractivity contribution in [2.45, 2.75) is 31.2 Å². The Morgan fingerprint density at radius 3 is 2.32 bits per heavy atom. The van der Waals surface area contributed by atoms with Gasteiger partial charge in [0.05, 0.1) is 10.8 Å². The van der Waals surface area contributed by atoms with Crippen molar-refractivity contribution in [2.24, 2.45) is 11.1 Å². The van der Waals surface area contributed by atoms with Crippen molar-refractivity contribution in [1.82, 2.24) is 10.2 Å².